The summed E-state index contributed by atoms with van der Waals surface area (Å²) in [6.07, 6.45) is 1.85. The zero-order valence-electron chi connectivity index (χ0n) is 10.6. The van der Waals surface area contributed by atoms with Crippen LogP contribution in [0.5, 0.6) is 0 Å². The Hall–Kier alpha value is -0.940. The number of hydrogen-bond acceptors (Lipinski definition) is 4. The first-order valence-corrected chi connectivity index (χ1v) is 5.81. The largest absolute Gasteiger partial charge is 0.377 e. The molecule has 16 heavy (non-hydrogen) atoms. The van der Waals surface area contributed by atoms with E-state index in [1.54, 1.807) is 6.33 Å². The first-order valence-electron chi connectivity index (χ1n) is 5.81. The van der Waals surface area contributed by atoms with Crippen molar-refractivity contribution >= 4 is 0 Å². The predicted molar refractivity (Wildman–Crippen MR) is 63.1 cm³/mol. The van der Waals surface area contributed by atoms with Gasteiger partial charge < -0.3 is 10.1 Å². The number of aromatic nitrogens is 3. The Kier molecular flexibility index (Phi) is 5.42. The molecule has 92 valence electrons. The maximum Gasteiger partial charge on any atom is 0.140 e. The molecule has 0 saturated carbocycles. The number of ether oxygens (including phenoxy) is 1. The first kappa shape index (κ1) is 13.1. The summed E-state index contributed by atoms with van der Waals surface area (Å²) in [5.74, 6) is 0.959. The smallest absolute Gasteiger partial charge is 0.140 e. The van der Waals surface area contributed by atoms with Crippen LogP contribution in [0, 0.1) is 0 Å². The van der Waals surface area contributed by atoms with Gasteiger partial charge in [0.25, 0.3) is 0 Å². The molecule has 1 heterocycles. The molecular weight excluding hydrogens is 204 g/mol. The topological polar surface area (TPSA) is 52.0 Å². The maximum absolute atomic E-state index is 5.49. The predicted octanol–water partition coefficient (Wildman–Crippen LogP) is 1.20. The molecule has 0 fully saturated rings. The quantitative estimate of drug-likeness (QED) is 0.759. The van der Waals surface area contributed by atoms with Crippen LogP contribution in [0.3, 0.4) is 0 Å². The molecule has 0 spiro atoms. The molecule has 1 aromatic rings. The Morgan fingerprint density at radius 2 is 2.12 bits per heavy atom. The van der Waals surface area contributed by atoms with Crippen LogP contribution in [0.15, 0.2) is 6.33 Å². The third kappa shape index (κ3) is 4.72. The van der Waals surface area contributed by atoms with Gasteiger partial charge in [-0.2, -0.15) is 5.10 Å². The van der Waals surface area contributed by atoms with Crippen LogP contribution in [-0.2, 0) is 17.8 Å². The second-order valence-electron chi connectivity index (χ2n) is 4.35. The van der Waals surface area contributed by atoms with Crippen molar-refractivity contribution in [2.24, 2.45) is 0 Å². The van der Waals surface area contributed by atoms with Crippen molar-refractivity contribution in [3.63, 3.8) is 0 Å². The molecule has 0 atom stereocenters. The van der Waals surface area contributed by atoms with Gasteiger partial charge in [0.05, 0.1) is 25.8 Å². The van der Waals surface area contributed by atoms with Gasteiger partial charge in [-0.3, -0.25) is 0 Å². The van der Waals surface area contributed by atoms with Gasteiger partial charge in [-0.25, -0.2) is 9.67 Å². The van der Waals surface area contributed by atoms with Crippen molar-refractivity contribution in [3.8, 4) is 0 Å². The molecule has 1 rings (SSSR count). The van der Waals surface area contributed by atoms with Gasteiger partial charge in [-0.15, -0.1) is 0 Å². The molecule has 1 aromatic heterocycles. The highest BCUT2D eigenvalue weighted by molar-refractivity contribution is 4.84. The highest BCUT2D eigenvalue weighted by Crippen LogP contribution is 1.96. The normalized spacial score (nSPS) is 11.6. The molecule has 0 aromatic carbocycles. The van der Waals surface area contributed by atoms with Crippen LogP contribution >= 0.6 is 0 Å². The molecule has 0 aliphatic carbocycles. The molecule has 0 bridgehead atoms. The molecule has 0 amide bonds. The fourth-order valence-corrected chi connectivity index (χ4v) is 1.28. The molecule has 0 aliphatic rings. The number of nitrogens with zero attached hydrogens (tertiary/aromatic N) is 3. The minimum absolute atomic E-state index is 0.265. The average Bonchev–Trinajstić information content (AvgIpc) is 2.62. The molecule has 5 heteroatoms. The highest BCUT2D eigenvalue weighted by atomic mass is 16.5. The SMILES string of the molecule is CC(C)NCc1ncnn1CCOC(C)C. The first-order chi connectivity index (χ1) is 7.59. The minimum Gasteiger partial charge on any atom is -0.377 e. The number of nitrogens with one attached hydrogen (secondary N) is 1. The number of hydrogen-bond donors (Lipinski definition) is 1. The van der Waals surface area contributed by atoms with Crippen molar-refractivity contribution in [2.45, 2.75) is 52.9 Å². The monoisotopic (exact) mass is 226 g/mol. The summed E-state index contributed by atoms with van der Waals surface area (Å²) in [5.41, 5.74) is 0. The second kappa shape index (κ2) is 6.60. The van der Waals surface area contributed by atoms with Crippen LogP contribution in [0.1, 0.15) is 33.5 Å². The van der Waals surface area contributed by atoms with Gasteiger partial charge >= 0.3 is 0 Å². The zero-order valence-corrected chi connectivity index (χ0v) is 10.6. The standard InChI is InChI=1S/C11H22N4O/c1-9(2)12-7-11-13-8-14-15(11)5-6-16-10(3)4/h8-10,12H,5-7H2,1-4H3. The highest BCUT2D eigenvalue weighted by Gasteiger charge is 2.04. The lowest BCUT2D eigenvalue weighted by atomic mass is 10.4. The van der Waals surface area contributed by atoms with E-state index < -0.39 is 0 Å². The van der Waals surface area contributed by atoms with Gasteiger partial charge in [-0.05, 0) is 13.8 Å². The van der Waals surface area contributed by atoms with Gasteiger partial charge in [0.15, 0.2) is 0 Å². The zero-order chi connectivity index (χ0) is 12.0. The van der Waals surface area contributed by atoms with Gasteiger partial charge in [0.1, 0.15) is 12.2 Å². The van der Waals surface area contributed by atoms with E-state index in [0.717, 1.165) is 18.9 Å². The molecule has 0 unspecified atom stereocenters. The lowest BCUT2D eigenvalue weighted by Crippen LogP contribution is -2.25. The summed E-state index contributed by atoms with van der Waals surface area (Å²) in [5, 5.41) is 7.50. The van der Waals surface area contributed by atoms with Crippen LogP contribution in [0.25, 0.3) is 0 Å². The average molecular weight is 226 g/mol. The summed E-state index contributed by atoms with van der Waals surface area (Å²) in [4.78, 5) is 4.22. The molecular formula is C11H22N4O. The van der Waals surface area contributed by atoms with E-state index in [1.165, 1.54) is 0 Å². The molecule has 1 N–H and O–H groups in total. The van der Waals surface area contributed by atoms with E-state index in [2.05, 4.69) is 29.2 Å². The molecule has 5 nitrogen and oxygen atoms in total. The van der Waals surface area contributed by atoms with E-state index in [1.807, 2.05) is 18.5 Å². The Bertz CT molecular complexity index is 296. The summed E-state index contributed by atoms with van der Waals surface area (Å²) < 4.78 is 7.37. The Labute approximate surface area is 97.2 Å². The van der Waals surface area contributed by atoms with Crippen LogP contribution in [0.4, 0.5) is 0 Å². The minimum atomic E-state index is 0.265. The van der Waals surface area contributed by atoms with E-state index in [0.29, 0.717) is 12.6 Å². The van der Waals surface area contributed by atoms with Crippen molar-refractivity contribution < 1.29 is 4.74 Å². The Morgan fingerprint density at radius 1 is 1.38 bits per heavy atom. The van der Waals surface area contributed by atoms with Crippen LogP contribution in [-0.4, -0.2) is 33.5 Å². The van der Waals surface area contributed by atoms with Crippen molar-refractivity contribution in [1.29, 1.82) is 0 Å². The second-order valence-corrected chi connectivity index (χ2v) is 4.35. The lowest BCUT2D eigenvalue weighted by molar-refractivity contribution is 0.0703. The number of rotatable bonds is 7. The van der Waals surface area contributed by atoms with Crippen LogP contribution in [0.2, 0.25) is 0 Å². The lowest BCUT2D eigenvalue weighted by Gasteiger charge is -2.10. The summed E-state index contributed by atoms with van der Waals surface area (Å²) >= 11 is 0. The van der Waals surface area contributed by atoms with Crippen molar-refractivity contribution in [2.75, 3.05) is 6.61 Å². The third-order valence-corrected chi connectivity index (χ3v) is 2.12. The summed E-state index contributed by atoms with van der Waals surface area (Å²) in [6.45, 7) is 10.5. The van der Waals surface area contributed by atoms with E-state index in [9.17, 15) is 0 Å². The molecule has 0 radical (unpaired) electrons. The maximum atomic E-state index is 5.49. The van der Waals surface area contributed by atoms with Gasteiger partial charge in [0, 0.05) is 6.04 Å². The van der Waals surface area contributed by atoms with Gasteiger partial charge in [0.2, 0.25) is 0 Å². The van der Waals surface area contributed by atoms with Crippen molar-refractivity contribution in [1.82, 2.24) is 20.1 Å². The van der Waals surface area contributed by atoms with Gasteiger partial charge in [-0.1, -0.05) is 13.8 Å². The molecule has 0 aliphatic heterocycles. The fraction of sp³-hybridized carbons (Fsp3) is 0.818. The van der Waals surface area contributed by atoms with Crippen molar-refractivity contribution in [3.05, 3.63) is 12.2 Å². The summed E-state index contributed by atoms with van der Waals surface area (Å²) in [7, 11) is 0. The molecule has 0 saturated heterocycles. The van der Waals surface area contributed by atoms with Crippen LogP contribution < -0.4 is 5.32 Å². The van der Waals surface area contributed by atoms with E-state index in [-0.39, 0.29) is 6.10 Å². The summed E-state index contributed by atoms with van der Waals surface area (Å²) in [6, 6.07) is 0.456. The Balaban J connectivity index is 2.38. The Morgan fingerprint density at radius 3 is 2.75 bits per heavy atom. The van der Waals surface area contributed by atoms with E-state index in [4.69, 9.17) is 4.74 Å². The van der Waals surface area contributed by atoms with E-state index >= 15 is 0 Å². The fourth-order valence-electron chi connectivity index (χ4n) is 1.28. The third-order valence-electron chi connectivity index (χ3n) is 2.12.